The number of ether oxygens (including phenoxy) is 2. The van der Waals surface area contributed by atoms with Crippen LogP contribution in [-0.2, 0) is 15.3 Å². The number of fused-ring (bicyclic) bond motifs is 1. The van der Waals surface area contributed by atoms with Gasteiger partial charge in [0, 0.05) is 7.11 Å². The minimum atomic E-state index is -1.93. The van der Waals surface area contributed by atoms with Gasteiger partial charge in [-0.25, -0.2) is 4.79 Å². The lowest BCUT2D eigenvalue weighted by Gasteiger charge is -2.15. The van der Waals surface area contributed by atoms with Crippen LogP contribution in [0, 0.1) is 0 Å². The predicted octanol–water partition coefficient (Wildman–Crippen LogP) is 0.397. The molecule has 13 heavy (non-hydrogen) atoms. The molecule has 2 rings (SSSR count). The smallest absolute Gasteiger partial charge is 0.377 e. The van der Waals surface area contributed by atoms with Crippen molar-refractivity contribution in [3.63, 3.8) is 0 Å². The first-order chi connectivity index (χ1) is 6.18. The molecule has 0 aromatic heterocycles. The molecule has 1 aromatic rings. The average molecular weight is 180 g/mol. The molecule has 1 unspecified atom stereocenters. The fourth-order valence-electron chi connectivity index (χ4n) is 1.31. The number of carbonyl (C=O) groups is 1. The maximum absolute atomic E-state index is 11.2. The summed E-state index contributed by atoms with van der Waals surface area (Å²) >= 11 is 0. The topological polar surface area (TPSA) is 55.8 Å². The Balaban J connectivity index is 2.59. The van der Waals surface area contributed by atoms with Gasteiger partial charge in [-0.3, -0.25) is 0 Å². The molecule has 1 N–H and O–H groups in total. The van der Waals surface area contributed by atoms with Crippen molar-refractivity contribution in [1.82, 2.24) is 0 Å². The van der Waals surface area contributed by atoms with E-state index in [0.29, 0.717) is 11.3 Å². The zero-order valence-corrected chi connectivity index (χ0v) is 6.98. The summed E-state index contributed by atoms with van der Waals surface area (Å²) in [6.07, 6.45) is 0. The van der Waals surface area contributed by atoms with Crippen LogP contribution in [0.1, 0.15) is 5.56 Å². The van der Waals surface area contributed by atoms with E-state index in [9.17, 15) is 9.90 Å². The maximum Gasteiger partial charge on any atom is 0.377 e. The highest BCUT2D eigenvalue weighted by Crippen LogP contribution is 2.37. The molecule has 0 fully saturated rings. The Labute approximate surface area is 74.7 Å². The number of esters is 1. The normalized spacial score (nSPS) is 25.5. The highest BCUT2D eigenvalue weighted by atomic mass is 16.7. The lowest BCUT2D eigenvalue weighted by atomic mass is 10.1. The van der Waals surface area contributed by atoms with Gasteiger partial charge >= 0.3 is 5.97 Å². The van der Waals surface area contributed by atoms with Crippen LogP contribution in [0.3, 0.4) is 0 Å². The van der Waals surface area contributed by atoms with Crippen LogP contribution in [0.4, 0.5) is 0 Å². The molecule has 1 aliphatic rings. The SMILES string of the molecule is COC1(O)C(=O)Oc2ccccc21. The fraction of sp³-hybridized carbons (Fsp3) is 0.222. The van der Waals surface area contributed by atoms with Gasteiger partial charge in [0.25, 0.3) is 5.79 Å². The second-order valence-electron chi connectivity index (χ2n) is 2.73. The van der Waals surface area contributed by atoms with E-state index < -0.39 is 11.8 Å². The van der Waals surface area contributed by atoms with Gasteiger partial charge in [-0.1, -0.05) is 12.1 Å². The lowest BCUT2D eigenvalue weighted by Crippen LogP contribution is -2.35. The molecule has 0 amide bonds. The zero-order valence-electron chi connectivity index (χ0n) is 6.98. The van der Waals surface area contributed by atoms with Gasteiger partial charge in [0.05, 0.1) is 5.56 Å². The van der Waals surface area contributed by atoms with E-state index in [4.69, 9.17) is 9.47 Å². The van der Waals surface area contributed by atoms with Crippen LogP contribution in [0.2, 0.25) is 0 Å². The standard InChI is InChI=1S/C9H8O4/c1-12-9(11)6-4-2-3-5-7(6)13-8(9)10/h2-5,11H,1H3. The summed E-state index contributed by atoms with van der Waals surface area (Å²) in [5.41, 5.74) is 0.350. The van der Waals surface area contributed by atoms with Crippen molar-refractivity contribution in [1.29, 1.82) is 0 Å². The summed E-state index contributed by atoms with van der Waals surface area (Å²) in [7, 11) is 1.25. The van der Waals surface area contributed by atoms with Crippen LogP contribution in [0.15, 0.2) is 24.3 Å². The van der Waals surface area contributed by atoms with Crippen LogP contribution in [0.5, 0.6) is 5.75 Å². The Morgan fingerprint density at radius 3 is 2.85 bits per heavy atom. The van der Waals surface area contributed by atoms with Crippen molar-refractivity contribution in [2.24, 2.45) is 0 Å². The maximum atomic E-state index is 11.2. The summed E-state index contributed by atoms with van der Waals surface area (Å²) < 4.78 is 9.52. The van der Waals surface area contributed by atoms with Crippen molar-refractivity contribution in [3.8, 4) is 5.75 Å². The Bertz CT molecular complexity index is 360. The number of aliphatic hydroxyl groups is 1. The molecule has 1 aromatic carbocycles. The monoisotopic (exact) mass is 180 g/mol. The number of para-hydroxylation sites is 1. The predicted molar refractivity (Wildman–Crippen MR) is 43.0 cm³/mol. The van der Waals surface area contributed by atoms with Gasteiger partial charge < -0.3 is 14.6 Å². The minimum Gasteiger partial charge on any atom is -0.422 e. The van der Waals surface area contributed by atoms with Gasteiger partial charge in [-0.05, 0) is 12.1 Å². The molecule has 0 radical (unpaired) electrons. The van der Waals surface area contributed by atoms with Crippen LogP contribution >= 0.6 is 0 Å². The Morgan fingerprint density at radius 1 is 1.46 bits per heavy atom. The van der Waals surface area contributed by atoms with E-state index in [1.165, 1.54) is 7.11 Å². The molecule has 0 spiro atoms. The zero-order chi connectivity index (χ0) is 9.47. The number of rotatable bonds is 1. The van der Waals surface area contributed by atoms with E-state index in [1.807, 2.05) is 0 Å². The third kappa shape index (κ3) is 0.961. The van der Waals surface area contributed by atoms with Crippen molar-refractivity contribution < 1.29 is 19.4 Å². The van der Waals surface area contributed by atoms with E-state index in [-0.39, 0.29) is 0 Å². The summed E-state index contributed by atoms with van der Waals surface area (Å²) in [6, 6.07) is 6.60. The van der Waals surface area contributed by atoms with Gasteiger partial charge in [-0.15, -0.1) is 0 Å². The number of benzene rings is 1. The second kappa shape index (κ2) is 2.55. The minimum absolute atomic E-state index is 0.344. The van der Waals surface area contributed by atoms with Gasteiger partial charge in [-0.2, -0.15) is 0 Å². The Hall–Kier alpha value is -1.39. The summed E-state index contributed by atoms with van der Waals surface area (Å²) in [5.74, 6) is -2.38. The highest BCUT2D eigenvalue weighted by Gasteiger charge is 2.48. The molecule has 4 heteroatoms. The fourth-order valence-corrected chi connectivity index (χ4v) is 1.31. The third-order valence-corrected chi connectivity index (χ3v) is 2.03. The molecule has 1 heterocycles. The third-order valence-electron chi connectivity index (χ3n) is 2.03. The molecule has 0 aliphatic carbocycles. The van der Waals surface area contributed by atoms with Gasteiger partial charge in [0.15, 0.2) is 0 Å². The van der Waals surface area contributed by atoms with Crippen molar-refractivity contribution in [2.75, 3.05) is 7.11 Å². The summed E-state index contributed by atoms with van der Waals surface area (Å²) in [6.45, 7) is 0. The highest BCUT2D eigenvalue weighted by molar-refractivity contribution is 5.87. The first kappa shape index (κ1) is 8.22. The number of carbonyl (C=O) groups excluding carboxylic acids is 1. The molecular weight excluding hydrogens is 172 g/mol. The van der Waals surface area contributed by atoms with E-state index >= 15 is 0 Å². The van der Waals surface area contributed by atoms with Crippen LogP contribution in [0.25, 0.3) is 0 Å². The molecular formula is C9H8O4. The van der Waals surface area contributed by atoms with Gasteiger partial charge in [0.2, 0.25) is 0 Å². The van der Waals surface area contributed by atoms with E-state index in [0.717, 1.165) is 0 Å². The van der Waals surface area contributed by atoms with Crippen LogP contribution in [-0.4, -0.2) is 18.2 Å². The number of methoxy groups -OCH3 is 1. The largest absolute Gasteiger partial charge is 0.422 e. The quantitative estimate of drug-likeness (QED) is 0.386. The Morgan fingerprint density at radius 2 is 2.15 bits per heavy atom. The second-order valence-corrected chi connectivity index (χ2v) is 2.73. The Kier molecular flexibility index (Phi) is 1.61. The van der Waals surface area contributed by atoms with Crippen molar-refractivity contribution in [2.45, 2.75) is 5.79 Å². The first-order valence-electron chi connectivity index (χ1n) is 3.78. The molecule has 1 atom stereocenters. The molecule has 4 nitrogen and oxygen atoms in total. The molecule has 0 saturated carbocycles. The summed E-state index contributed by atoms with van der Waals surface area (Å²) in [4.78, 5) is 11.2. The molecule has 0 bridgehead atoms. The molecule has 68 valence electrons. The van der Waals surface area contributed by atoms with E-state index in [1.54, 1.807) is 24.3 Å². The van der Waals surface area contributed by atoms with Crippen LogP contribution < -0.4 is 4.74 Å². The number of hydrogen-bond acceptors (Lipinski definition) is 4. The number of hydrogen-bond donors (Lipinski definition) is 1. The molecule has 1 aliphatic heterocycles. The van der Waals surface area contributed by atoms with Gasteiger partial charge in [0.1, 0.15) is 5.75 Å². The lowest BCUT2D eigenvalue weighted by molar-refractivity contribution is -0.207. The average Bonchev–Trinajstić information content (AvgIpc) is 2.41. The van der Waals surface area contributed by atoms with Crippen molar-refractivity contribution in [3.05, 3.63) is 29.8 Å². The summed E-state index contributed by atoms with van der Waals surface area (Å²) in [5, 5.41) is 9.72. The van der Waals surface area contributed by atoms with Crippen molar-refractivity contribution >= 4 is 5.97 Å². The molecule has 0 saturated heterocycles. The first-order valence-corrected chi connectivity index (χ1v) is 3.78. The van der Waals surface area contributed by atoms with E-state index in [2.05, 4.69) is 0 Å².